The monoisotopic (exact) mass is 436 g/mol. The van der Waals surface area contributed by atoms with Gasteiger partial charge in [0, 0.05) is 6.54 Å². The molecule has 0 aromatic rings. The fraction of sp³-hybridized carbons (Fsp3) is 1.00. The van der Waals surface area contributed by atoms with Gasteiger partial charge in [0.2, 0.25) is 0 Å². The molecule has 5 heteroatoms. The van der Waals surface area contributed by atoms with Crippen molar-refractivity contribution in [2.24, 2.45) is 46.2 Å². The number of aliphatic hydroxyl groups is 2. The van der Waals surface area contributed by atoms with Crippen LogP contribution in [0.5, 0.6) is 0 Å². The maximum absolute atomic E-state index is 10.7. The summed E-state index contributed by atoms with van der Waals surface area (Å²) in [5.74, 6) is 3.58. The Labute approximate surface area is 189 Å². The molecule has 4 aliphatic carbocycles. The maximum atomic E-state index is 10.7. The molecular formula is C26H48N2O3. The number of fused-ring (bicyclic) bond motifs is 5. The van der Waals surface area contributed by atoms with Crippen LogP contribution in [-0.4, -0.2) is 42.1 Å². The first-order valence-electron chi connectivity index (χ1n) is 13.3. The van der Waals surface area contributed by atoms with Gasteiger partial charge in [0.25, 0.3) is 0 Å². The molecule has 0 bridgehead atoms. The molecule has 4 rings (SSSR count). The Balaban J connectivity index is 1.31. The van der Waals surface area contributed by atoms with E-state index in [0.717, 1.165) is 75.5 Å². The second kappa shape index (κ2) is 9.97. The molecule has 0 spiro atoms. The van der Waals surface area contributed by atoms with Gasteiger partial charge in [-0.15, -0.1) is 0 Å². The van der Waals surface area contributed by atoms with E-state index in [1.54, 1.807) is 0 Å². The number of aliphatic hydroxyl groups excluding tert-OH is 2. The number of unbranched alkanes of at least 4 members (excludes halogenated alkanes) is 1. The van der Waals surface area contributed by atoms with Gasteiger partial charge in [-0.2, -0.15) is 0 Å². The molecule has 5 N–H and O–H groups in total. The molecule has 0 aromatic heterocycles. The van der Waals surface area contributed by atoms with Crippen molar-refractivity contribution < 1.29 is 15.1 Å². The smallest absolute Gasteiger partial charge is 0.0832 e. The van der Waals surface area contributed by atoms with Crippen molar-refractivity contribution in [1.82, 2.24) is 5.48 Å². The van der Waals surface area contributed by atoms with Gasteiger partial charge in [-0.05, 0) is 124 Å². The molecule has 5 nitrogen and oxygen atoms in total. The van der Waals surface area contributed by atoms with Gasteiger partial charge in [-0.1, -0.05) is 13.8 Å². The predicted molar refractivity (Wildman–Crippen MR) is 124 cm³/mol. The summed E-state index contributed by atoms with van der Waals surface area (Å²) in [5, 5.41) is 21.0. The predicted octanol–water partition coefficient (Wildman–Crippen LogP) is 4.02. The van der Waals surface area contributed by atoms with Gasteiger partial charge in [0.15, 0.2) is 0 Å². The average Bonchev–Trinajstić information content (AvgIpc) is 3.09. The molecule has 31 heavy (non-hydrogen) atoms. The molecule has 4 fully saturated rings. The summed E-state index contributed by atoms with van der Waals surface area (Å²) >= 11 is 0. The lowest BCUT2D eigenvalue weighted by Crippen LogP contribution is -2.58. The first-order chi connectivity index (χ1) is 14.9. The number of hydroxylamine groups is 1. The van der Waals surface area contributed by atoms with Gasteiger partial charge in [0.1, 0.15) is 0 Å². The molecule has 4 saturated carbocycles. The minimum atomic E-state index is -0.505. The van der Waals surface area contributed by atoms with E-state index in [1.807, 2.05) is 0 Å². The number of hydrogen-bond donors (Lipinski definition) is 4. The highest BCUT2D eigenvalue weighted by Crippen LogP contribution is 2.67. The molecule has 0 aromatic carbocycles. The molecule has 0 saturated heterocycles. The van der Waals surface area contributed by atoms with E-state index in [0.29, 0.717) is 11.3 Å². The zero-order valence-corrected chi connectivity index (χ0v) is 20.0. The minimum absolute atomic E-state index is 0.228. The molecule has 0 radical (unpaired) electrons. The highest BCUT2D eigenvalue weighted by atomic mass is 16.6. The lowest BCUT2D eigenvalue weighted by molar-refractivity contribution is -0.173. The zero-order valence-electron chi connectivity index (χ0n) is 20.0. The van der Waals surface area contributed by atoms with E-state index >= 15 is 0 Å². The van der Waals surface area contributed by atoms with Crippen molar-refractivity contribution >= 4 is 0 Å². The van der Waals surface area contributed by atoms with Crippen molar-refractivity contribution in [2.75, 3.05) is 19.7 Å². The molecule has 0 heterocycles. The van der Waals surface area contributed by atoms with Crippen LogP contribution in [0, 0.1) is 40.4 Å². The maximum Gasteiger partial charge on any atom is 0.0832 e. The van der Waals surface area contributed by atoms with E-state index in [4.69, 9.17) is 10.6 Å². The molecular weight excluding hydrogens is 388 g/mol. The molecule has 9 atom stereocenters. The third kappa shape index (κ3) is 4.47. The van der Waals surface area contributed by atoms with Crippen LogP contribution in [0.1, 0.15) is 90.9 Å². The Bertz CT molecular complexity index is 589. The van der Waals surface area contributed by atoms with Crippen LogP contribution >= 0.6 is 0 Å². The van der Waals surface area contributed by atoms with Gasteiger partial charge in [-0.25, -0.2) is 5.48 Å². The molecule has 180 valence electrons. The fourth-order valence-corrected chi connectivity index (χ4v) is 8.78. The zero-order chi connectivity index (χ0) is 22.1. The summed E-state index contributed by atoms with van der Waals surface area (Å²) in [7, 11) is 0. The first-order valence-corrected chi connectivity index (χ1v) is 13.3. The number of nitrogens with one attached hydrogen (secondary N) is 1. The Hall–Kier alpha value is -0.200. The Morgan fingerprint density at radius 3 is 2.42 bits per heavy atom. The summed E-state index contributed by atoms with van der Waals surface area (Å²) in [6.07, 6.45) is 13.3. The fourth-order valence-electron chi connectivity index (χ4n) is 8.78. The molecule has 0 unspecified atom stereocenters. The van der Waals surface area contributed by atoms with Gasteiger partial charge in [-0.3, -0.25) is 0 Å². The topological polar surface area (TPSA) is 87.7 Å². The highest BCUT2D eigenvalue weighted by Gasteiger charge is 2.61. The van der Waals surface area contributed by atoms with Crippen molar-refractivity contribution in [2.45, 2.75) is 103 Å². The Kier molecular flexibility index (Phi) is 7.70. The van der Waals surface area contributed by atoms with Crippen molar-refractivity contribution in [1.29, 1.82) is 0 Å². The summed E-state index contributed by atoms with van der Waals surface area (Å²) in [6, 6.07) is 0. The Morgan fingerprint density at radius 2 is 1.61 bits per heavy atom. The van der Waals surface area contributed by atoms with Crippen LogP contribution in [0.4, 0.5) is 0 Å². The van der Waals surface area contributed by atoms with Crippen LogP contribution in [0.3, 0.4) is 0 Å². The number of hydrogen-bond acceptors (Lipinski definition) is 5. The average molecular weight is 437 g/mol. The van der Waals surface area contributed by atoms with E-state index in [-0.39, 0.29) is 5.41 Å². The lowest BCUT2D eigenvalue weighted by Gasteiger charge is -2.61. The normalized spacial score (nSPS) is 46.9. The third-order valence-corrected chi connectivity index (χ3v) is 10.6. The van der Waals surface area contributed by atoms with Crippen molar-refractivity contribution in [3.8, 4) is 0 Å². The third-order valence-electron chi connectivity index (χ3n) is 10.6. The first kappa shape index (κ1) is 23.9. The summed E-state index contributed by atoms with van der Waals surface area (Å²) in [6.45, 7) is 7.52. The number of nitrogens with two attached hydrogens (primary N) is 1. The SMILES string of the molecule is C[C@]12CC[C@H](O)[C@H](O)[C@H]1CC[C@@H]1[C@@H]2CC[C@]2(C)[C@@H](CCCNOCCCCN)CC[C@@H]12. The van der Waals surface area contributed by atoms with Gasteiger partial charge < -0.3 is 20.8 Å². The molecule has 4 aliphatic rings. The largest absolute Gasteiger partial charge is 0.390 e. The molecule has 0 aliphatic heterocycles. The van der Waals surface area contributed by atoms with Gasteiger partial charge >= 0.3 is 0 Å². The van der Waals surface area contributed by atoms with Gasteiger partial charge in [0.05, 0.1) is 18.8 Å². The lowest BCUT2D eigenvalue weighted by atomic mass is 9.44. The van der Waals surface area contributed by atoms with E-state index in [1.165, 1.54) is 44.9 Å². The van der Waals surface area contributed by atoms with Crippen LogP contribution < -0.4 is 11.2 Å². The quantitative estimate of drug-likeness (QED) is 0.324. The second-order valence-corrected chi connectivity index (χ2v) is 11.9. The summed E-state index contributed by atoms with van der Waals surface area (Å²) in [5.41, 5.74) is 9.41. The van der Waals surface area contributed by atoms with Crippen LogP contribution in [0.2, 0.25) is 0 Å². The van der Waals surface area contributed by atoms with Crippen LogP contribution in [0.15, 0.2) is 0 Å². The standard InChI is InChI=1S/C26H48N2O3/c1-25-13-11-21-19(8-10-22-24(30)23(29)12-14-26(21,22)2)20(25)9-7-18(25)6-5-16-28-31-17-4-3-15-27/h18-24,28-30H,3-17,27H2,1-2H3/t18-,19-,20-,21-,22+,23-,24+,25+,26+/m0/s1. The summed E-state index contributed by atoms with van der Waals surface area (Å²) < 4.78 is 0. The van der Waals surface area contributed by atoms with E-state index in [2.05, 4.69) is 19.3 Å². The highest BCUT2D eigenvalue weighted by molar-refractivity contribution is 5.10. The minimum Gasteiger partial charge on any atom is -0.390 e. The van der Waals surface area contributed by atoms with Crippen LogP contribution in [0.25, 0.3) is 0 Å². The summed E-state index contributed by atoms with van der Waals surface area (Å²) in [4.78, 5) is 5.54. The van der Waals surface area contributed by atoms with Crippen molar-refractivity contribution in [3.05, 3.63) is 0 Å². The second-order valence-electron chi connectivity index (χ2n) is 11.9. The molecule has 0 amide bonds. The van der Waals surface area contributed by atoms with E-state index < -0.39 is 12.2 Å². The Morgan fingerprint density at radius 1 is 0.871 bits per heavy atom. The van der Waals surface area contributed by atoms with E-state index in [9.17, 15) is 10.2 Å². The van der Waals surface area contributed by atoms with Crippen molar-refractivity contribution in [3.63, 3.8) is 0 Å². The number of rotatable bonds is 9. The van der Waals surface area contributed by atoms with Crippen LogP contribution in [-0.2, 0) is 4.84 Å².